The predicted molar refractivity (Wildman–Crippen MR) is 112 cm³/mol. The average molecular weight is 420 g/mol. The summed E-state index contributed by atoms with van der Waals surface area (Å²) in [4.78, 5) is 30.0. The van der Waals surface area contributed by atoms with Gasteiger partial charge in [-0.2, -0.15) is 0 Å². The fourth-order valence-corrected chi connectivity index (χ4v) is 3.81. The standard InChI is InChI=1S/C21H25N3O4.ClH/c25-15-18(23-7-1-2-8-23)14-22-9-11-24(12-10-22)21(26)6-4-17-3-5-19-20(13-17)28-16-27-19;/h3-6,13H,1-2,7-12,14,16H2;1H/b6-4+;. The second kappa shape index (κ2) is 9.83. The summed E-state index contributed by atoms with van der Waals surface area (Å²) in [5.41, 5.74) is 1.66. The highest BCUT2D eigenvalue weighted by atomic mass is 35.5. The van der Waals surface area contributed by atoms with Gasteiger partial charge in [-0.3, -0.25) is 9.69 Å². The fourth-order valence-electron chi connectivity index (χ4n) is 3.81. The van der Waals surface area contributed by atoms with Crippen LogP contribution in [0.2, 0.25) is 0 Å². The summed E-state index contributed by atoms with van der Waals surface area (Å²) < 4.78 is 10.7. The molecule has 0 N–H and O–H groups in total. The quantitative estimate of drug-likeness (QED) is 0.536. The molecule has 0 radical (unpaired) electrons. The molecule has 1 aromatic rings. The Balaban J connectivity index is 0.00000240. The molecular weight excluding hydrogens is 394 g/mol. The molecular formula is C21H26ClN3O4. The van der Waals surface area contributed by atoms with Crippen LogP contribution in [0.1, 0.15) is 18.4 Å². The van der Waals surface area contributed by atoms with Crippen LogP contribution in [0, 0.1) is 0 Å². The smallest absolute Gasteiger partial charge is 0.246 e. The van der Waals surface area contributed by atoms with Gasteiger partial charge in [-0.25, -0.2) is 4.79 Å². The maximum absolute atomic E-state index is 12.5. The molecule has 0 aliphatic carbocycles. The maximum atomic E-state index is 12.5. The number of nitrogens with zero attached hydrogens (tertiary/aromatic N) is 3. The number of benzene rings is 1. The zero-order valence-corrected chi connectivity index (χ0v) is 17.2. The molecule has 3 aliphatic heterocycles. The summed E-state index contributed by atoms with van der Waals surface area (Å²) in [7, 11) is 0. The lowest BCUT2D eigenvalue weighted by Gasteiger charge is -2.35. The van der Waals surface area contributed by atoms with Gasteiger partial charge in [-0.1, -0.05) is 6.07 Å². The van der Waals surface area contributed by atoms with Crippen molar-refractivity contribution in [1.29, 1.82) is 0 Å². The van der Waals surface area contributed by atoms with Gasteiger partial charge in [0.2, 0.25) is 12.7 Å². The highest BCUT2D eigenvalue weighted by Crippen LogP contribution is 2.32. The van der Waals surface area contributed by atoms with Crippen molar-refractivity contribution < 1.29 is 19.1 Å². The third-order valence-electron chi connectivity index (χ3n) is 5.48. The van der Waals surface area contributed by atoms with E-state index < -0.39 is 0 Å². The number of halogens is 1. The molecule has 4 rings (SSSR count). The van der Waals surface area contributed by atoms with Crippen molar-refractivity contribution in [1.82, 2.24) is 14.7 Å². The van der Waals surface area contributed by atoms with Crippen molar-refractivity contribution in [2.24, 2.45) is 0 Å². The van der Waals surface area contributed by atoms with Crippen LogP contribution in [0.4, 0.5) is 0 Å². The predicted octanol–water partition coefficient (Wildman–Crippen LogP) is 1.81. The first-order valence-electron chi connectivity index (χ1n) is 9.81. The first-order valence-corrected chi connectivity index (χ1v) is 9.81. The van der Waals surface area contributed by atoms with Crippen LogP contribution in [0.3, 0.4) is 0 Å². The highest BCUT2D eigenvalue weighted by Gasteiger charge is 2.23. The van der Waals surface area contributed by atoms with Crippen molar-refractivity contribution >= 4 is 30.3 Å². The number of likely N-dealkylation sites (tertiary alicyclic amines) is 1. The number of carbonyl (C=O) groups excluding carboxylic acids is 2. The van der Waals surface area contributed by atoms with Gasteiger partial charge >= 0.3 is 0 Å². The van der Waals surface area contributed by atoms with Crippen LogP contribution in [0.5, 0.6) is 11.5 Å². The maximum Gasteiger partial charge on any atom is 0.246 e. The molecule has 1 aromatic carbocycles. The first kappa shape index (κ1) is 21.2. The van der Waals surface area contributed by atoms with Gasteiger partial charge in [0.15, 0.2) is 11.5 Å². The normalized spacial score (nSPS) is 18.6. The van der Waals surface area contributed by atoms with Crippen LogP contribution in [0.25, 0.3) is 6.08 Å². The van der Waals surface area contributed by atoms with Crippen molar-refractivity contribution in [3.63, 3.8) is 0 Å². The number of amides is 1. The molecule has 0 saturated carbocycles. The molecule has 0 aromatic heterocycles. The van der Waals surface area contributed by atoms with Gasteiger partial charge < -0.3 is 19.3 Å². The Bertz CT molecular complexity index is 808. The van der Waals surface area contributed by atoms with E-state index in [1.165, 1.54) is 0 Å². The zero-order chi connectivity index (χ0) is 19.3. The molecule has 0 atom stereocenters. The molecule has 7 nitrogen and oxygen atoms in total. The van der Waals surface area contributed by atoms with Crippen molar-refractivity contribution in [3.8, 4) is 11.5 Å². The van der Waals surface area contributed by atoms with Gasteiger partial charge in [0.05, 0.1) is 0 Å². The molecule has 2 saturated heterocycles. The van der Waals surface area contributed by atoms with Crippen LogP contribution in [-0.2, 0) is 9.59 Å². The molecule has 156 valence electrons. The minimum absolute atomic E-state index is 0. The van der Waals surface area contributed by atoms with Crippen LogP contribution >= 0.6 is 12.4 Å². The lowest BCUT2D eigenvalue weighted by molar-refractivity contribution is -0.127. The largest absolute Gasteiger partial charge is 0.454 e. The fraction of sp³-hybridized carbons (Fsp3) is 0.476. The van der Waals surface area contributed by atoms with E-state index >= 15 is 0 Å². The van der Waals surface area contributed by atoms with Crippen LogP contribution in [-0.4, -0.2) is 79.2 Å². The third kappa shape index (κ3) is 5.12. The second-order valence-corrected chi connectivity index (χ2v) is 7.29. The number of fused-ring (bicyclic) bond motifs is 1. The summed E-state index contributed by atoms with van der Waals surface area (Å²) in [6.07, 6.45) is 5.69. The zero-order valence-electron chi connectivity index (χ0n) is 16.3. The number of ether oxygens (including phenoxy) is 2. The monoisotopic (exact) mass is 419 g/mol. The minimum Gasteiger partial charge on any atom is -0.454 e. The molecule has 2 fully saturated rings. The van der Waals surface area contributed by atoms with Gasteiger partial charge in [-0.05, 0) is 36.6 Å². The summed E-state index contributed by atoms with van der Waals surface area (Å²) in [6, 6.07) is 5.63. The van der Waals surface area contributed by atoms with E-state index in [-0.39, 0.29) is 25.1 Å². The van der Waals surface area contributed by atoms with E-state index in [4.69, 9.17) is 9.47 Å². The van der Waals surface area contributed by atoms with Crippen molar-refractivity contribution in [2.45, 2.75) is 12.8 Å². The SMILES string of the molecule is Cl.O=C=C(CN1CCN(C(=O)/C=C/c2ccc3c(c2)OCO3)CC1)N1CCCC1. The molecule has 3 heterocycles. The number of carbonyl (C=O) groups is 1. The van der Waals surface area contributed by atoms with Crippen molar-refractivity contribution in [3.05, 3.63) is 35.5 Å². The van der Waals surface area contributed by atoms with E-state index in [9.17, 15) is 9.59 Å². The van der Waals surface area contributed by atoms with E-state index in [2.05, 4.69) is 15.7 Å². The Hall–Kier alpha value is -2.47. The summed E-state index contributed by atoms with van der Waals surface area (Å²) in [6.45, 7) is 5.63. The average Bonchev–Trinajstić information content (AvgIpc) is 3.42. The highest BCUT2D eigenvalue weighted by molar-refractivity contribution is 5.92. The van der Waals surface area contributed by atoms with Crippen molar-refractivity contribution in [2.75, 3.05) is 52.6 Å². The van der Waals surface area contributed by atoms with Gasteiger partial charge in [0, 0.05) is 51.9 Å². The van der Waals surface area contributed by atoms with E-state index in [1.807, 2.05) is 23.1 Å². The topological polar surface area (TPSA) is 62.3 Å². The Morgan fingerprint density at radius 3 is 2.45 bits per heavy atom. The number of piperazine rings is 1. The number of rotatable bonds is 5. The lowest BCUT2D eigenvalue weighted by atomic mass is 10.2. The van der Waals surface area contributed by atoms with E-state index in [0.29, 0.717) is 25.4 Å². The summed E-state index contributed by atoms with van der Waals surface area (Å²) in [5, 5.41) is 0. The Morgan fingerprint density at radius 2 is 1.72 bits per heavy atom. The van der Waals surface area contributed by atoms with E-state index in [1.54, 1.807) is 12.2 Å². The second-order valence-electron chi connectivity index (χ2n) is 7.29. The van der Waals surface area contributed by atoms with Gasteiger partial charge in [-0.15, -0.1) is 12.4 Å². The Morgan fingerprint density at radius 1 is 1.00 bits per heavy atom. The molecule has 3 aliphatic rings. The van der Waals surface area contributed by atoms with Crippen LogP contribution < -0.4 is 9.47 Å². The Kier molecular flexibility index (Phi) is 7.20. The summed E-state index contributed by atoms with van der Waals surface area (Å²) >= 11 is 0. The minimum atomic E-state index is 0. The van der Waals surface area contributed by atoms with Gasteiger partial charge in [0.25, 0.3) is 0 Å². The molecule has 1 amide bonds. The number of hydrogen-bond acceptors (Lipinski definition) is 6. The Labute approximate surface area is 176 Å². The van der Waals surface area contributed by atoms with E-state index in [0.717, 1.165) is 56.0 Å². The molecule has 29 heavy (non-hydrogen) atoms. The molecule has 0 bridgehead atoms. The lowest BCUT2D eigenvalue weighted by Crippen LogP contribution is -2.49. The van der Waals surface area contributed by atoms with Crippen LogP contribution in [0.15, 0.2) is 30.0 Å². The first-order chi connectivity index (χ1) is 13.7. The van der Waals surface area contributed by atoms with Gasteiger partial charge in [0.1, 0.15) is 11.6 Å². The molecule has 0 unspecified atom stereocenters. The third-order valence-corrected chi connectivity index (χ3v) is 5.48. The summed E-state index contributed by atoms with van der Waals surface area (Å²) in [5.74, 6) is 3.57. The molecule has 8 heteroatoms. The molecule has 0 spiro atoms. The number of hydrogen-bond donors (Lipinski definition) is 0.